The van der Waals surface area contributed by atoms with E-state index in [1.54, 1.807) is 0 Å². The van der Waals surface area contributed by atoms with E-state index in [0.717, 1.165) is 63.8 Å². The first-order valence-corrected chi connectivity index (χ1v) is 16.1. The molecule has 0 fully saturated rings. The number of para-hydroxylation sites is 2. The molecule has 0 spiro atoms. The summed E-state index contributed by atoms with van der Waals surface area (Å²) < 4.78 is 12.8. The molecule has 4 aromatic carbocycles. The molecule has 4 heterocycles. The monoisotopic (exact) mass is 789 g/mol. The molecule has 0 unspecified atom stereocenters. The van der Waals surface area contributed by atoms with Crippen LogP contribution >= 0.6 is 0 Å². The Morgan fingerprint density at radius 2 is 1.36 bits per heavy atom. The minimum atomic E-state index is 0. The van der Waals surface area contributed by atoms with Gasteiger partial charge in [0.1, 0.15) is 11.5 Å². The molecule has 47 heavy (non-hydrogen) atoms. The average molecular weight is 789 g/mol. The fourth-order valence-electron chi connectivity index (χ4n) is 6.70. The molecular weight excluding hydrogens is 755 g/mol. The SMILES string of the molecule is Cc1c[c-]c(-c2cc(C)c(C)cn2)cc1.[Ir].[c-]1cc2c3c(c1-c1cc4c(cn1)CCCC4)Oc1ccccc1B3c1ccccc1O2. The van der Waals surface area contributed by atoms with Gasteiger partial charge in [-0.25, -0.2) is 0 Å². The van der Waals surface area contributed by atoms with E-state index in [4.69, 9.17) is 14.5 Å². The average Bonchev–Trinajstić information content (AvgIpc) is 3.10. The van der Waals surface area contributed by atoms with Gasteiger partial charge >= 0.3 is 0 Å². The van der Waals surface area contributed by atoms with E-state index in [1.165, 1.54) is 51.6 Å². The molecule has 6 heteroatoms. The third-order valence-corrected chi connectivity index (χ3v) is 9.36. The standard InChI is InChI=1S/C27H19BNO2.C14H14N.Ir/c1-2-8-18-16-29-22(15-17(18)7-1)19-13-14-25-26-27(19)31-24-12-6-4-10-21(24)28(26)20-9-3-5-11-23(20)30-25;1-10-4-6-13(7-5-10)14-8-11(2)12(3)9-15-14;/h3-6,9-12,14-16H,1-2,7-8H2;4-6,8-9H,1-3H3;/q2*-1;. The topological polar surface area (TPSA) is 44.2 Å². The molecule has 0 N–H and O–H groups in total. The van der Waals surface area contributed by atoms with Crippen molar-refractivity contribution < 1.29 is 29.6 Å². The van der Waals surface area contributed by atoms with Gasteiger partial charge in [0.05, 0.1) is 0 Å². The number of ether oxygens (including phenoxy) is 2. The van der Waals surface area contributed by atoms with Gasteiger partial charge in [0.15, 0.2) is 0 Å². The van der Waals surface area contributed by atoms with Crippen LogP contribution in [0.15, 0.2) is 97.3 Å². The van der Waals surface area contributed by atoms with Crippen molar-refractivity contribution in [2.45, 2.75) is 46.5 Å². The number of aryl methyl sites for hydroxylation is 5. The largest absolute Gasteiger partial charge is 0.503 e. The summed E-state index contributed by atoms with van der Waals surface area (Å²) in [7, 11) is 0. The van der Waals surface area contributed by atoms with Crippen molar-refractivity contribution in [3.05, 3.63) is 137 Å². The molecule has 2 aromatic heterocycles. The van der Waals surface area contributed by atoms with Gasteiger partial charge in [0, 0.05) is 44.0 Å². The Morgan fingerprint density at radius 3 is 2.09 bits per heavy atom. The predicted molar refractivity (Wildman–Crippen MR) is 186 cm³/mol. The van der Waals surface area contributed by atoms with Gasteiger partial charge in [-0.05, 0) is 85.1 Å². The molecule has 0 amide bonds. The van der Waals surface area contributed by atoms with E-state index in [0.29, 0.717) is 0 Å². The molecule has 0 saturated heterocycles. The minimum absolute atomic E-state index is 0. The summed E-state index contributed by atoms with van der Waals surface area (Å²) in [5.41, 5.74) is 13.8. The number of fused-ring (bicyclic) bond motifs is 5. The van der Waals surface area contributed by atoms with Crippen molar-refractivity contribution in [2.24, 2.45) is 0 Å². The molecule has 3 aliphatic rings. The Balaban J connectivity index is 0.000000186. The van der Waals surface area contributed by atoms with Crippen molar-refractivity contribution in [1.29, 1.82) is 0 Å². The summed E-state index contributed by atoms with van der Waals surface area (Å²) in [5, 5.41) is 0. The fraction of sp³-hybridized carbons (Fsp3) is 0.171. The van der Waals surface area contributed by atoms with E-state index in [1.807, 2.05) is 48.8 Å². The molecule has 0 saturated carbocycles. The van der Waals surface area contributed by atoms with Crippen LogP contribution in [0.1, 0.15) is 40.7 Å². The van der Waals surface area contributed by atoms with Crippen LogP contribution in [-0.4, -0.2) is 16.7 Å². The van der Waals surface area contributed by atoms with Crippen LogP contribution in [0.4, 0.5) is 0 Å². The Labute approximate surface area is 290 Å². The molecular formula is C41H33BIrN2O2-2. The van der Waals surface area contributed by atoms with Crippen molar-refractivity contribution >= 4 is 23.1 Å². The summed E-state index contributed by atoms with van der Waals surface area (Å²) in [4.78, 5) is 9.22. The van der Waals surface area contributed by atoms with E-state index in [2.05, 4.69) is 86.4 Å². The molecule has 9 rings (SSSR count). The summed E-state index contributed by atoms with van der Waals surface area (Å²) in [6.07, 6.45) is 8.70. The molecule has 0 bridgehead atoms. The van der Waals surface area contributed by atoms with Crippen LogP contribution in [-0.2, 0) is 32.9 Å². The second-order valence-electron chi connectivity index (χ2n) is 12.5. The molecule has 4 nitrogen and oxygen atoms in total. The summed E-state index contributed by atoms with van der Waals surface area (Å²) in [6, 6.07) is 35.7. The van der Waals surface area contributed by atoms with Crippen LogP contribution in [0.2, 0.25) is 0 Å². The van der Waals surface area contributed by atoms with Crippen molar-refractivity contribution in [3.8, 4) is 45.5 Å². The van der Waals surface area contributed by atoms with Gasteiger partial charge in [0.2, 0.25) is 6.71 Å². The van der Waals surface area contributed by atoms with Crippen molar-refractivity contribution in [3.63, 3.8) is 0 Å². The number of pyridine rings is 2. The van der Waals surface area contributed by atoms with E-state index in [9.17, 15) is 0 Å². The first-order valence-electron chi connectivity index (χ1n) is 16.1. The molecule has 0 atom stereocenters. The number of hydrogen-bond acceptors (Lipinski definition) is 4. The van der Waals surface area contributed by atoms with Crippen molar-refractivity contribution in [1.82, 2.24) is 9.97 Å². The van der Waals surface area contributed by atoms with Gasteiger partial charge in [0.25, 0.3) is 0 Å². The summed E-state index contributed by atoms with van der Waals surface area (Å²) in [5.74, 6) is 3.42. The van der Waals surface area contributed by atoms with Crippen LogP contribution in [0, 0.1) is 32.9 Å². The summed E-state index contributed by atoms with van der Waals surface area (Å²) in [6.45, 7) is 6.32. The summed E-state index contributed by atoms with van der Waals surface area (Å²) >= 11 is 0. The second-order valence-corrected chi connectivity index (χ2v) is 12.5. The van der Waals surface area contributed by atoms with Crippen LogP contribution < -0.4 is 25.9 Å². The Kier molecular flexibility index (Phi) is 8.57. The van der Waals surface area contributed by atoms with Crippen LogP contribution in [0.3, 0.4) is 0 Å². The maximum Gasteiger partial charge on any atom is 0.239 e. The molecule has 2 aliphatic heterocycles. The number of benzene rings is 4. The first kappa shape index (κ1) is 31.1. The Bertz CT molecular complexity index is 2100. The fourth-order valence-corrected chi connectivity index (χ4v) is 6.70. The third kappa shape index (κ3) is 5.82. The quantitative estimate of drug-likeness (QED) is 0.134. The van der Waals surface area contributed by atoms with Gasteiger partial charge in [-0.3, -0.25) is 0 Å². The van der Waals surface area contributed by atoms with E-state index in [-0.39, 0.29) is 26.8 Å². The van der Waals surface area contributed by atoms with E-state index >= 15 is 0 Å². The van der Waals surface area contributed by atoms with Gasteiger partial charge in [-0.1, -0.05) is 77.6 Å². The number of aromatic nitrogens is 2. The zero-order chi connectivity index (χ0) is 31.2. The minimum Gasteiger partial charge on any atom is -0.503 e. The molecule has 1 radical (unpaired) electrons. The van der Waals surface area contributed by atoms with Gasteiger partial charge < -0.3 is 19.4 Å². The molecule has 6 aromatic rings. The third-order valence-electron chi connectivity index (χ3n) is 9.36. The second kappa shape index (κ2) is 12.9. The molecule has 1 aliphatic carbocycles. The smallest absolute Gasteiger partial charge is 0.239 e. The zero-order valence-electron chi connectivity index (χ0n) is 26.7. The predicted octanol–water partition coefficient (Wildman–Crippen LogP) is 7.63. The maximum atomic E-state index is 6.52. The number of rotatable bonds is 2. The van der Waals surface area contributed by atoms with Crippen LogP contribution in [0.5, 0.6) is 23.0 Å². The zero-order valence-corrected chi connectivity index (χ0v) is 29.1. The normalized spacial score (nSPS) is 13.2. The molecule has 233 valence electrons. The number of nitrogens with zero attached hydrogens (tertiary/aromatic N) is 2. The van der Waals surface area contributed by atoms with Crippen LogP contribution in [0.25, 0.3) is 22.5 Å². The van der Waals surface area contributed by atoms with Gasteiger partial charge in [-0.15, -0.1) is 47.5 Å². The Hall–Kier alpha value is -4.51. The first-order chi connectivity index (χ1) is 22.5. The van der Waals surface area contributed by atoms with E-state index < -0.39 is 0 Å². The van der Waals surface area contributed by atoms with Crippen molar-refractivity contribution in [2.75, 3.05) is 0 Å². The Morgan fingerprint density at radius 1 is 0.660 bits per heavy atom. The number of hydrogen-bond donors (Lipinski definition) is 0. The maximum absolute atomic E-state index is 6.52. The van der Waals surface area contributed by atoms with Gasteiger partial charge in [-0.2, -0.15) is 0 Å².